The van der Waals surface area contributed by atoms with Gasteiger partial charge in [0.15, 0.2) is 0 Å². The highest BCUT2D eigenvalue weighted by Gasteiger charge is 2.13. The molecule has 8 heteroatoms. The second-order valence-corrected chi connectivity index (χ2v) is 5.58. The number of pyridine rings is 1. The number of carbonyl (C=O) groups is 1. The third-order valence-corrected chi connectivity index (χ3v) is 3.76. The summed E-state index contributed by atoms with van der Waals surface area (Å²) in [7, 11) is 1.83. The molecule has 0 unspecified atom stereocenters. The number of hydrogen-bond acceptors (Lipinski definition) is 5. The summed E-state index contributed by atoms with van der Waals surface area (Å²) in [6.45, 7) is 0.781. The van der Waals surface area contributed by atoms with Gasteiger partial charge in [-0.05, 0) is 30.3 Å². The first kappa shape index (κ1) is 17.4. The Hall–Kier alpha value is -3.39. The highest BCUT2D eigenvalue weighted by molar-refractivity contribution is 6.04. The third kappa shape index (κ3) is 3.81. The molecular formula is C18H19N5O3. The zero-order valence-electron chi connectivity index (χ0n) is 14.2. The fourth-order valence-electron chi connectivity index (χ4n) is 2.50. The molecule has 0 fully saturated rings. The van der Waals surface area contributed by atoms with Gasteiger partial charge in [-0.3, -0.25) is 14.3 Å². The Morgan fingerprint density at radius 3 is 2.81 bits per heavy atom. The van der Waals surface area contributed by atoms with Gasteiger partial charge in [-0.15, -0.1) is 0 Å². The number of rotatable bonds is 6. The smallest absolute Gasteiger partial charge is 0.257 e. The molecule has 3 aromatic rings. The number of nitrogens with zero attached hydrogens (tertiary/aromatic N) is 2. The lowest BCUT2D eigenvalue weighted by atomic mass is 10.1. The first-order valence-electron chi connectivity index (χ1n) is 8.04. The van der Waals surface area contributed by atoms with Crippen molar-refractivity contribution >= 4 is 11.6 Å². The molecule has 3 rings (SSSR count). The lowest BCUT2D eigenvalue weighted by molar-refractivity contribution is 0.102. The van der Waals surface area contributed by atoms with Gasteiger partial charge in [-0.2, -0.15) is 5.10 Å². The summed E-state index contributed by atoms with van der Waals surface area (Å²) in [6, 6.07) is 9.97. The van der Waals surface area contributed by atoms with Crippen molar-refractivity contribution in [3.8, 4) is 17.0 Å². The maximum absolute atomic E-state index is 12.3. The summed E-state index contributed by atoms with van der Waals surface area (Å²) in [5, 5.41) is 6.99. The van der Waals surface area contributed by atoms with Gasteiger partial charge in [-0.25, -0.2) is 0 Å². The van der Waals surface area contributed by atoms with Gasteiger partial charge in [0.2, 0.25) is 5.56 Å². The number of ether oxygens (including phenoxy) is 1. The number of anilines is 1. The van der Waals surface area contributed by atoms with Gasteiger partial charge in [0.25, 0.3) is 5.91 Å². The standard InChI is InChI=1S/C18H19N5O3/c1-23-15(6-8-21-23)14-10-13(3-4-16(14)26-9-7-19)22-18(25)12-2-5-17(24)20-11-12/h2-6,8,10-11H,7,9,19H2,1H3,(H,20,24)(H,22,25). The number of H-pyrrole nitrogens is 1. The largest absolute Gasteiger partial charge is 0.492 e. The molecule has 0 saturated carbocycles. The average molecular weight is 353 g/mol. The number of amides is 1. The topological polar surface area (TPSA) is 115 Å². The zero-order valence-corrected chi connectivity index (χ0v) is 14.2. The van der Waals surface area contributed by atoms with E-state index in [0.29, 0.717) is 30.2 Å². The molecule has 4 N–H and O–H groups in total. The van der Waals surface area contributed by atoms with E-state index in [2.05, 4.69) is 15.4 Å². The van der Waals surface area contributed by atoms with Crippen LogP contribution in [0.15, 0.2) is 53.6 Å². The molecule has 0 radical (unpaired) electrons. The van der Waals surface area contributed by atoms with E-state index in [-0.39, 0.29) is 11.5 Å². The van der Waals surface area contributed by atoms with Crippen molar-refractivity contribution < 1.29 is 9.53 Å². The van der Waals surface area contributed by atoms with E-state index in [1.165, 1.54) is 18.3 Å². The molecule has 26 heavy (non-hydrogen) atoms. The lowest BCUT2D eigenvalue weighted by Crippen LogP contribution is -2.15. The summed E-state index contributed by atoms with van der Waals surface area (Å²) in [6.07, 6.45) is 3.06. The maximum Gasteiger partial charge on any atom is 0.257 e. The molecule has 0 saturated heterocycles. The van der Waals surface area contributed by atoms with Gasteiger partial charge < -0.3 is 20.8 Å². The van der Waals surface area contributed by atoms with E-state index in [1.807, 2.05) is 19.2 Å². The Labute approximate surface area is 149 Å². The lowest BCUT2D eigenvalue weighted by Gasteiger charge is -2.14. The maximum atomic E-state index is 12.3. The molecule has 134 valence electrons. The molecule has 1 amide bonds. The number of nitrogens with two attached hydrogens (primary N) is 1. The Kier molecular flexibility index (Phi) is 5.14. The van der Waals surface area contributed by atoms with Crippen LogP contribution in [0, 0.1) is 0 Å². The highest BCUT2D eigenvalue weighted by atomic mass is 16.5. The Morgan fingerprint density at radius 1 is 1.31 bits per heavy atom. The predicted molar refractivity (Wildman–Crippen MR) is 98.2 cm³/mol. The third-order valence-electron chi connectivity index (χ3n) is 3.76. The Bertz CT molecular complexity index is 956. The Balaban J connectivity index is 1.91. The van der Waals surface area contributed by atoms with Crippen LogP contribution in [-0.4, -0.2) is 33.8 Å². The molecule has 0 bridgehead atoms. The second kappa shape index (κ2) is 7.66. The summed E-state index contributed by atoms with van der Waals surface area (Å²) >= 11 is 0. The quantitative estimate of drug-likeness (QED) is 0.619. The summed E-state index contributed by atoms with van der Waals surface area (Å²) in [4.78, 5) is 25.9. The number of benzene rings is 1. The summed E-state index contributed by atoms with van der Waals surface area (Å²) < 4.78 is 7.42. The summed E-state index contributed by atoms with van der Waals surface area (Å²) in [5.74, 6) is 0.328. The fourth-order valence-corrected chi connectivity index (χ4v) is 2.50. The number of nitrogens with one attached hydrogen (secondary N) is 2. The molecule has 0 aliphatic heterocycles. The first-order chi connectivity index (χ1) is 12.6. The van der Waals surface area contributed by atoms with Gasteiger partial charge >= 0.3 is 0 Å². The van der Waals surface area contributed by atoms with Crippen molar-refractivity contribution in [2.24, 2.45) is 12.8 Å². The van der Waals surface area contributed by atoms with Crippen LogP contribution in [0.1, 0.15) is 10.4 Å². The molecule has 1 aromatic carbocycles. The molecule has 8 nitrogen and oxygen atoms in total. The van der Waals surface area contributed by atoms with Crippen molar-refractivity contribution in [1.82, 2.24) is 14.8 Å². The van der Waals surface area contributed by atoms with Gasteiger partial charge in [0.05, 0.1) is 11.3 Å². The van der Waals surface area contributed by atoms with Crippen molar-refractivity contribution in [3.05, 3.63) is 64.7 Å². The van der Waals surface area contributed by atoms with Crippen LogP contribution in [-0.2, 0) is 7.05 Å². The van der Waals surface area contributed by atoms with E-state index in [4.69, 9.17) is 10.5 Å². The second-order valence-electron chi connectivity index (χ2n) is 5.58. The fraction of sp³-hybridized carbons (Fsp3) is 0.167. The van der Waals surface area contributed by atoms with Gasteiger partial charge in [0.1, 0.15) is 12.4 Å². The summed E-state index contributed by atoms with van der Waals surface area (Å²) in [5.41, 5.74) is 7.84. The molecule has 2 heterocycles. The monoisotopic (exact) mass is 353 g/mol. The molecular weight excluding hydrogens is 334 g/mol. The molecule has 2 aromatic heterocycles. The number of aryl methyl sites for hydroxylation is 1. The Morgan fingerprint density at radius 2 is 2.15 bits per heavy atom. The van der Waals surface area contributed by atoms with Crippen LogP contribution < -0.4 is 21.3 Å². The van der Waals surface area contributed by atoms with Crippen molar-refractivity contribution in [2.45, 2.75) is 0 Å². The van der Waals surface area contributed by atoms with Crippen LogP contribution in [0.3, 0.4) is 0 Å². The van der Waals surface area contributed by atoms with Crippen molar-refractivity contribution in [3.63, 3.8) is 0 Å². The number of carbonyl (C=O) groups excluding carboxylic acids is 1. The van der Waals surface area contributed by atoms with Crippen LogP contribution in [0.4, 0.5) is 5.69 Å². The van der Waals surface area contributed by atoms with E-state index < -0.39 is 0 Å². The molecule has 0 aliphatic rings. The number of aromatic amines is 1. The van der Waals surface area contributed by atoms with E-state index in [9.17, 15) is 9.59 Å². The zero-order chi connectivity index (χ0) is 18.5. The van der Waals surface area contributed by atoms with Crippen LogP contribution >= 0.6 is 0 Å². The number of aromatic nitrogens is 3. The van der Waals surface area contributed by atoms with Crippen LogP contribution in [0.25, 0.3) is 11.3 Å². The minimum absolute atomic E-state index is 0.263. The van der Waals surface area contributed by atoms with Crippen LogP contribution in [0.5, 0.6) is 5.75 Å². The predicted octanol–water partition coefficient (Wildman–Crippen LogP) is 1.37. The van der Waals surface area contributed by atoms with Crippen molar-refractivity contribution in [2.75, 3.05) is 18.5 Å². The normalized spacial score (nSPS) is 10.5. The van der Waals surface area contributed by atoms with E-state index >= 15 is 0 Å². The SMILES string of the molecule is Cn1nccc1-c1cc(NC(=O)c2ccc(=O)[nH]c2)ccc1OCCN. The van der Waals surface area contributed by atoms with Crippen molar-refractivity contribution in [1.29, 1.82) is 0 Å². The van der Waals surface area contributed by atoms with Crippen LogP contribution in [0.2, 0.25) is 0 Å². The van der Waals surface area contributed by atoms with Gasteiger partial charge in [0, 0.05) is 43.3 Å². The highest BCUT2D eigenvalue weighted by Crippen LogP contribution is 2.32. The minimum atomic E-state index is -0.326. The van der Waals surface area contributed by atoms with E-state index in [1.54, 1.807) is 23.0 Å². The molecule has 0 aliphatic carbocycles. The average Bonchev–Trinajstić information content (AvgIpc) is 3.07. The minimum Gasteiger partial charge on any atom is -0.492 e. The first-order valence-corrected chi connectivity index (χ1v) is 8.04. The number of hydrogen-bond donors (Lipinski definition) is 3. The molecule has 0 atom stereocenters. The molecule has 0 spiro atoms. The van der Waals surface area contributed by atoms with Gasteiger partial charge in [-0.1, -0.05) is 0 Å². The van der Waals surface area contributed by atoms with E-state index in [0.717, 1.165) is 11.3 Å².